The molecule has 0 atom stereocenters. The molecule has 0 amide bonds. The number of imidazole rings is 1. The van der Waals surface area contributed by atoms with Crippen molar-refractivity contribution < 1.29 is 0 Å². The first kappa shape index (κ1) is 18.2. The largest absolute Gasteiger partial charge is 0.319 e. The molecule has 0 aliphatic rings. The van der Waals surface area contributed by atoms with E-state index in [-0.39, 0.29) is 0 Å². The van der Waals surface area contributed by atoms with Crippen molar-refractivity contribution in [1.29, 1.82) is 0 Å². The van der Waals surface area contributed by atoms with Gasteiger partial charge in [-0.1, -0.05) is 103 Å². The highest BCUT2D eigenvalue weighted by molar-refractivity contribution is 6.31. The second-order valence-electron chi connectivity index (χ2n) is 7.81. The van der Waals surface area contributed by atoms with Crippen molar-refractivity contribution in [2.45, 2.75) is 6.54 Å². The molecule has 0 spiro atoms. The fraction of sp³-hybridized carbons (Fsp3) is 0.0357. The highest BCUT2D eigenvalue weighted by Gasteiger charge is 2.19. The monoisotopic (exact) mass is 418 g/mol. The summed E-state index contributed by atoms with van der Waals surface area (Å²) in [4.78, 5) is 5.20. The van der Waals surface area contributed by atoms with Crippen LogP contribution in [0.2, 0.25) is 5.02 Å². The molecular weight excluding hydrogens is 400 g/mol. The van der Waals surface area contributed by atoms with Gasteiger partial charge < -0.3 is 4.57 Å². The lowest BCUT2D eigenvalue weighted by Crippen LogP contribution is -2.02. The Kier molecular flexibility index (Phi) is 4.26. The Morgan fingerprint density at radius 3 is 2.03 bits per heavy atom. The second-order valence-corrected chi connectivity index (χ2v) is 8.24. The van der Waals surface area contributed by atoms with Crippen LogP contribution in [0.25, 0.3) is 44.0 Å². The van der Waals surface area contributed by atoms with Gasteiger partial charge >= 0.3 is 0 Å². The fourth-order valence-electron chi connectivity index (χ4n) is 4.53. The molecular formula is C28H19ClN2. The molecule has 5 aromatic carbocycles. The van der Waals surface area contributed by atoms with Crippen molar-refractivity contribution in [3.8, 4) is 11.4 Å². The summed E-state index contributed by atoms with van der Waals surface area (Å²) < 4.78 is 2.34. The van der Waals surface area contributed by atoms with Gasteiger partial charge in [0.1, 0.15) is 5.82 Å². The summed E-state index contributed by atoms with van der Waals surface area (Å²) >= 11 is 6.36. The number of fused-ring (bicyclic) bond motifs is 6. The first-order valence-electron chi connectivity index (χ1n) is 10.4. The molecule has 3 heteroatoms. The molecule has 0 unspecified atom stereocenters. The summed E-state index contributed by atoms with van der Waals surface area (Å²) in [6, 6.07) is 35.7. The first-order valence-corrected chi connectivity index (χ1v) is 10.8. The third-order valence-corrected chi connectivity index (χ3v) is 6.12. The molecule has 0 fully saturated rings. The smallest absolute Gasteiger partial charge is 0.141 e. The number of aromatic nitrogens is 2. The van der Waals surface area contributed by atoms with E-state index in [1.165, 1.54) is 27.1 Å². The minimum absolute atomic E-state index is 0.713. The van der Waals surface area contributed by atoms with E-state index in [1.807, 2.05) is 18.2 Å². The summed E-state index contributed by atoms with van der Waals surface area (Å²) in [7, 11) is 0. The summed E-state index contributed by atoms with van der Waals surface area (Å²) in [5, 5.41) is 5.58. The lowest BCUT2D eigenvalue weighted by Gasteiger charge is -2.12. The van der Waals surface area contributed by atoms with E-state index in [4.69, 9.17) is 16.6 Å². The highest BCUT2D eigenvalue weighted by atomic mass is 35.5. The van der Waals surface area contributed by atoms with Crippen LogP contribution in [0, 0.1) is 0 Å². The zero-order valence-electron chi connectivity index (χ0n) is 16.8. The molecule has 0 bridgehead atoms. The number of hydrogen-bond donors (Lipinski definition) is 0. The van der Waals surface area contributed by atoms with Crippen LogP contribution in [0.3, 0.4) is 0 Å². The molecule has 0 N–H and O–H groups in total. The van der Waals surface area contributed by atoms with Crippen molar-refractivity contribution in [1.82, 2.24) is 9.55 Å². The van der Waals surface area contributed by atoms with Crippen LogP contribution in [-0.2, 0) is 6.54 Å². The Morgan fingerprint density at radius 1 is 0.645 bits per heavy atom. The Bertz CT molecular complexity index is 1560. The van der Waals surface area contributed by atoms with Gasteiger partial charge in [0.15, 0.2) is 0 Å². The lowest BCUT2D eigenvalue weighted by molar-refractivity contribution is 0.837. The van der Waals surface area contributed by atoms with Crippen molar-refractivity contribution in [3.63, 3.8) is 0 Å². The molecule has 0 aliphatic heterocycles. The normalized spacial score (nSPS) is 11.5. The average molecular weight is 419 g/mol. The summed E-state index contributed by atoms with van der Waals surface area (Å²) in [6.07, 6.45) is 0. The van der Waals surface area contributed by atoms with Gasteiger partial charge in [0.2, 0.25) is 0 Å². The van der Waals surface area contributed by atoms with E-state index in [0.717, 1.165) is 29.0 Å². The van der Waals surface area contributed by atoms with Gasteiger partial charge in [0.05, 0.1) is 11.0 Å². The van der Waals surface area contributed by atoms with Gasteiger partial charge in [0, 0.05) is 27.9 Å². The van der Waals surface area contributed by atoms with E-state index in [1.54, 1.807) is 0 Å². The molecule has 31 heavy (non-hydrogen) atoms. The summed E-state index contributed by atoms with van der Waals surface area (Å²) in [5.74, 6) is 0.933. The Morgan fingerprint density at radius 2 is 1.29 bits per heavy atom. The number of hydrogen-bond acceptors (Lipinski definition) is 1. The Labute approximate surface area is 185 Å². The van der Waals surface area contributed by atoms with E-state index < -0.39 is 0 Å². The predicted octanol–water partition coefficient (Wildman–Crippen LogP) is 7.71. The average Bonchev–Trinajstić information content (AvgIpc) is 3.19. The van der Waals surface area contributed by atoms with Gasteiger partial charge in [-0.15, -0.1) is 0 Å². The van der Waals surface area contributed by atoms with Crippen LogP contribution in [-0.4, -0.2) is 9.55 Å². The molecule has 0 aliphatic carbocycles. The molecule has 0 radical (unpaired) electrons. The maximum Gasteiger partial charge on any atom is 0.141 e. The maximum atomic E-state index is 6.36. The number of benzene rings is 5. The summed E-state index contributed by atoms with van der Waals surface area (Å²) in [6.45, 7) is 0.738. The maximum absolute atomic E-state index is 6.36. The zero-order chi connectivity index (χ0) is 20.8. The van der Waals surface area contributed by atoms with Gasteiger partial charge in [-0.2, -0.15) is 0 Å². The lowest BCUT2D eigenvalue weighted by atomic mass is 10.00. The van der Waals surface area contributed by atoms with Gasteiger partial charge in [0.25, 0.3) is 0 Å². The van der Waals surface area contributed by atoms with E-state index in [2.05, 4.69) is 89.5 Å². The van der Waals surface area contributed by atoms with E-state index in [0.29, 0.717) is 5.02 Å². The molecule has 148 valence electrons. The Balaban J connectivity index is 1.78. The van der Waals surface area contributed by atoms with Crippen molar-refractivity contribution >= 4 is 44.2 Å². The quantitative estimate of drug-likeness (QED) is 0.269. The van der Waals surface area contributed by atoms with Gasteiger partial charge in [-0.25, -0.2) is 4.98 Å². The van der Waals surface area contributed by atoms with E-state index in [9.17, 15) is 0 Å². The molecule has 1 heterocycles. The molecule has 1 aromatic heterocycles. The number of nitrogens with zero attached hydrogens (tertiary/aromatic N) is 2. The number of rotatable bonds is 3. The van der Waals surface area contributed by atoms with E-state index >= 15 is 0 Å². The van der Waals surface area contributed by atoms with Crippen LogP contribution < -0.4 is 0 Å². The van der Waals surface area contributed by atoms with Crippen molar-refractivity contribution in [2.24, 2.45) is 0 Å². The first-order chi connectivity index (χ1) is 15.3. The third kappa shape index (κ3) is 2.99. The minimum Gasteiger partial charge on any atom is -0.319 e. The third-order valence-electron chi connectivity index (χ3n) is 5.89. The SMILES string of the molecule is Clc1cccc(-c2nc3c4ccccc4c4ccccc4c3n2Cc2ccccc2)c1. The van der Waals surface area contributed by atoms with Gasteiger partial charge in [-0.05, 0) is 28.5 Å². The molecule has 6 rings (SSSR count). The van der Waals surface area contributed by atoms with Crippen LogP contribution >= 0.6 is 11.6 Å². The zero-order valence-corrected chi connectivity index (χ0v) is 17.6. The van der Waals surface area contributed by atoms with Crippen LogP contribution in [0.1, 0.15) is 5.56 Å². The fourth-order valence-corrected chi connectivity index (χ4v) is 4.72. The van der Waals surface area contributed by atoms with Crippen molar-refractivity contribution in [3.05, 3.63) is 114 Å². The van der Waals surface area contributed by atoms with Crippen LogP contribution in [0.15, 0.2) is 103 Å². The second kappa shape index (κ2) is 7.26. The summed E-state index contributed by atoms with van der Waals surface area (Å²) in [5.41, 5.74) is 4.45. The molecule has 0 saturated heterocycles. The standard InChI is InChI=1S/C28H19ClN2/c29-21-12-8-11-20(17-21)28-30-26-24-15-6-4-13-22(24)23-14-5-7-16-25(23)27(26)31(28)18-19-9-2-1-3-10-19/h1-17H,18H2. The van der Waals surface area contributed by atoms with Crippen LogP contribution in [0.4, 0.5) is 0 Å². The molecule has 0 saturated carbocycles. The molecule has 2 nitrogen and oxygen atoms in total. The minimum atomic E-state index is 0.713. The highest BCUT2D eigenvalue weighted by Crippen LogP contribution is 2.38. The number of halogens is 1. The van der Waals surface area contributed by atoms with Crippen molar-refractivity contribution in [2.75, 3.05) is 0 Å². The molecule has 6 aromatic rings. The predicted molar refractivity (Wildman–Crippen MR) is 131 cm³/mol. The topological polar surface area (TPSA) is 17.8 Å². The Hall–Kier alpha value is -3.62. The van der Waals surface area contributed by atoms with Gasteiger partial charge in [-0.3, -0.25) is 0 Å². The van der Waals surface area contributed by atoms with Crippen LogP contribution in [0.5, 0.6) is 0 Å².